The number of hydrogen-bond acceptors (Lipinski definition) is 4. The van der Waals surface area contributed by atoms with Crippen molar-refractivity contribution in [3.05, 3.63) is 0 Å². The van der Waals surface area contributed by atoms with Gasteiger partial charge in [0.15, 0.2) is 0 Å². The van der Waals surface area contributed by atoms with Crippen molar-refractivity contribution < 1.29 is 17.5 Å². The normalized spacial score (nSPS) is 7.25. The average Bonchev–Trinajstić information content (AvgIpc) is 0.722. The zero-order valence-electron chi connectivity index (χ0n) is 3.53. The van der Waals surface area contributed by atoms with Crippen molar-refractivity contribution >= 4 is 61.8 Å². The summed E-state index contributed by atoms with van der Waals surface area (Å²) in [5.41, 5.74) is 0. The van der Waals surface area contributed by atoms with Gasteiger partial charge in [-0.2, -0.15) is 8.42 Å². The molecular formula is H9KN2O4S. The van der Waals surface area contributed by atoms with Gasteiger partial charge in [0.1, 0.15) is 0 Å². The second-order valence-electron chi connectivity index (χ2n) is 0.448. The molecule has 0 amide bonds. The maximum atomic E-state index is 8.74. The van der Waals surface area contributed by atoms with Gasteiger partial charge in [-0.3, -0.25) is 9.11 Å². The summed E-state index contributed by atoms with van der Waals surface area (Å²) in [6.07, 6.45) is 0. The van der Waals surface area contributed by atoms with E-state index in [0.29, 0.717) is 0 Å². The van der Waals surface area contributed by atoms with E-state index in [9.17, 15) is 0 Å². The molecule has 0 aromatic carbocycles. The Balaban J connectivity index is -0.0000000267. The Kier molecular flexibility index (Phi) is 23.9. The van der Waals surface area contributed by atoms with Gasteiger partial charge in [-0.15, -0.1) is 0 Å². The molecule has 8 N–H and O–H groups in total. The van der Waals surface area contributed by atoms with E-state index in [2.05, 4.69) is 0 Å². The predicted octanol–water partition coefficient (Wildman–Crippen LogP) is -0.977. The van der Waals surface area contributed by atoms with E-state index in [4.69, 9.17) is 17.5 Å². The summed E-state index contributed by atoms with van der Waals surface area (Å²) in [6, 6.07) is 0. The van der Waals surface area contributed by atoms with Gasteiger partial charge in [0, 0.05) is 0 Å². The van der Waals surface area contributed by atoms with Crippen LogP contribution < -0.4 is 12.3 Å². The zero-order valence-corrected chi connectivity index (χ0v) is 4.35. The summed E-state index contributed by atoms with van der Waals surface area (Å²) in [7, 11) is -4.67. The second kappa shape index (κ2) is 8.43. The van der Waals surface area contributed by atoms with E-state index in [-0.39, 0.29) is 63.7 Å². The number of hydrogen-bond donors (Lipinski definition) is 4. The topological polar surface area (TPSA) is 145 Å². The summed E-state index contributed by atoms with van der Waals surface area (Å²) in [6.45, 7) is 0. The summed E-state index contributed by atoms with van der Waals surface area (Å²) in [4.78, 5) is 0. The first-order valence-corrected chi connectivity index (χ1v) is 2.10. The fourth-order valence-electron chi connectivity index (χ4n) is 0. The molecule has 0 fully saturated rings. The summed E-state index contributed by atoms with van der Waals surface area (Å²) in [5, 5.41) is 0. The first kappa shape index (κ1) is 22.7. The van der Waals surface area contributed by atoms with Crippen LogP contribution in [0.15, 0.2) is 0 Å². The van der Waals surface area contributed by atoms with Crippen LogP contribution in [0.3, 0.4) is 0 Å². The Labute approximate surface area is 90.2 Å². The maximum absolute atomic E-state index is 8.74. The monoisotopic (exact) mass is 172 g/mol. The van der Waals surface area contributed by atoms with Crippen molar-refractivity contribution in [1.29, 1.82) is 0 Å². The molecule has 0 radical (unpaired) electrons. The Morgan fingerprint density at radius 3 is 1.00 bits per heavy atom. The van der Waals surface area contributed by atoms with Crippen LogP contribution in [0, 0.1) is 0 Å². The molecule has 0 bridgehead atoms. The van der Waals surface area contributed by atoms with Gasteiger partial charge >= 0.3 is 61.8 Å². The van der Waals surface area contributed by atoms with Gasteiger partial charge in [-0.05, 0) is 0 Å². The van der Waals surface area contributed by atoms with Crippen molar-refractivity contribution in [2.24, 2.45) is 0 Å². The van der Waals surface area contributed by atoms with Gasteiger partial charge in [0.25, 0.3) is 0 Å². The van der Waals surface area contributed by atoms with Crippen molar-refractivity contribution in [1.82, 2.24) is 12.3 Å². The Bertz CT molecular complexity index is 97.2. The van der Waals surface area contributed by atoms with E-state index >= 15 is 0 Å². The van der Waals surface area contributed by atoms with Crippen LogP contribution in [0.25, 0.3) is 0 Å². The van der Waals surface area contributed by atoms with E-state index in [1.165, 1.54) is 0 Å². The molecule has 8 heavy (non-hydrogen) atoms. The fraction of sp³-hybridized carbons (Fsp3) is 0. The first-order valence-electron chi connectivity index (χ1n) is 0.698. The van der Waals surface area contributed by atoms with Crippen LogP contribution >= 0.6 is 0 Å². The van der Waals surface area contributed by atoms with Crippen LogP contribution in [-0.2, 0) is 10.4 Å². The molecule has 8 heteroatoms. The molecular weight excluding hydrogens is 163 g/mol. The van der Waals surface area contributed by atoms with Gasteiger partial charge in [-0.25, -0.2) is 0 Å². The number of rotatable bonds is 0. The van der Waals surface area contributed by atoms with Crippen LogP contribution in [0.4, 0.5) is 0 Å². The molecule has 0 unspecified atom stereocenters. The van der Waals surface area contributed by atoms with Gasteiger partial charge in [0.05, 0.1) is 0 Å². The van der Waals surface area contributed by atoms with Gasteiger partial charge in [-0.1, -0.05) is 0 Å². The molecule has 0 aromatic heterocycles. The zero-order chi connectivity index (χ0) is 4.50. The summed E-state index contributed by atoms with van der Waals surface area (Å²) in [5.74, 6) is 0. The van der Waals surface area contributed by atoms with Crippen molar-refractivity contribution in [3.63, 3.8) is 0 Å². The van der Waals surface area contributed by atoms with Crippen molar-refractivity contribution in [3.8, 4) is 0 Å². The van der Waals surface area contributed by atoms with Crippen molar-refractivity contribution in [2.75, 3.05) is 0 Å². The summed E-state index contributed by atoms with van der Waals surface area (Å²) >= 11 is 0. The summed E-state index contributed by atoms with van der Waals surface area (Å²) < 4.78 is 31.6. The minimum absolute atomic E-state index is 0. The molecule has 0 spiro atoms. The van der Waals surface area contributed by atoms with E-state index in [0.717, 1.165) is 0 Å². The molecule has 0 heterocycles. The van der Waals surface area contributed by atoms with Gasteiger partial charge < -0.3 is 12.3 Å². The third-order valence-electron chi connectivity index (χ3n) is 0. The third-order valence-corrected chi connectivity index (χ3v) is 0. The quantitative estimate of drug-likeness (QED) is 0.273. The van der Waals surface area contributed by atoms with Crippen LogP contribution in [0.1, 0.15) is 0 Å². The Hall–Kier alpha value is 1.43. The van der Waals surface area contributed by atoms with Crippen molar-refractivity contribution in [2.45, 2.75) is 0 Å². The van der Waals surface area contributed by atoms with E-state index in [1.54, 1.807) is 0 Å². The second-order valence-corrected chi connectivity index (χ2v) is 1.34. The van der Waals surface area contributed by atoms with Crippen LogP contribution in [0.5, 0.6) is 0 Å². The third kappa shape index (κ3) is 151. The molecule has 0 rings (SSSR count). The molecule has 0 aliphatic carbocycles. The molecule has 0 aliphatic rings. The van der Waals surface area contributed by atoms with E-state index < -0.39 is 10.4 Å². The SMILES string of the molecule is N.N.O=S(=O)(O)O.[KH]. The predicted molar refractivity (Wildman–Crippen MR) is 31.4 cm³/mol. The first-order chi connectivity index (χ1) is 2.00. The fourth-order valence-corrected chi connectivity index (χ4v) is 0. The Morgan fingerprint density at radius 1 is 1.00 bits per heavy atom. The molecule has 6 nitrogen and oxygen atoms in total. The Morgan fingerprint density at radius 2 is 1.00 bits per heavy atom. The molecule has 0 aliphatic heterocycles. The van der Waals surface area contributed by atoms with Crippen LogP contribution in [-0.4, -0.2) is 68.9 Å². The minimum atomic E-state index is -4.67. The molecule has 0 saturated heterocycles. The van der Waals surface area contributed by atoms with Crippen LogP contribution in [0.2, 0.25) is 0 Å². The molecule has 0 atom stereocenters. The standard InChI is InChI=1S/K.2H3N.H2O4S.H/c;;;1-5(2,3)4;/h;2*1H3;(H2,1,2,3,4);. The average molecular weight is 172 g/mol. The van der Waals surface area contributed by atoms with Gasteiger partial charge in [0.2, 0.25) is 0 Å². The molecule has 50 valence electrons. The van der Waals surface area contributed by atoms with E-state index in [1.807, 2.05) is 0 Å². The molecule has 0 saturated carbocycles. The molecule has 0 aromatic rings.